The summed E-state index contributed by atoms with van der Waals surface area (Å²) >= 11 is 0. The third-order valence-corrected chi connectivity index (χ3v) is 4.30. The van der Waals surface area contributed by atoms with Crippen molar-refractivity contribution in [2.45, 2.75) is 6.42 Å². The molecule has 2 aromatic carbocycles. The van der Waals surface area contributed by atoms with E-state index in [1.165, 1.54) is 14.2 Å². The number of hydrogen-bond donors (Lipinski definition) is 4. The lowest BCUT2D eigenvalue weighted by atomic mass is 10.2. The number of esters is 2. The van der Waals surface area contributed by atoms with E-state index in [4.69, 9.17) is 34.9 Å². The molecule has 2 rings (SSSR count). The number of nitrogens with two attached hydrogens (primary N) is 1. The summed E-state index contributed by atoms with van der Waals surface area (Å²) in [5.74, 6) is 1.64. The van der Waals surface area contributed by atoms with E-state index in [0.29, 0.717) is 41.7 Å². The summed E-state index contributed by atoms with van der Waals surface area (Å²) in [5, 5.41) is 20.4. The van der Waals surface area contributed by atoms with Gasteiger partial charge in [-0.05, 0) is 24.3 Å². The lowest BCUT2D eigenvalue weighted by molar-refractivity contribution is -0.140. The number of nitrogen functional groups attached to an aromatic ring is 1. The Kier molecular flexibility index (Phi) is 18.7. The van der Waals surface area contributed by atoms with Crippen molar-refractivity contribution in [1.82, 2.24) is 0 Å². The Bertz CT molecular complexity index is 969. The first-order valence-electron chi connectivity index (χ1n) is 11.4. The summed E-state index contributed by atoms with van der Waals surface area (Å²) in [5.41, 5.74) is 6.98. The van der Waals surface area contributed by atoms with Crippen molar-refractivity contribution in [2.75, 3.05) is 72.5 Å². The first-order chi connectivity index (χ1) is 18.3. The lowest BCUT2D eigenvalue weighted by Crippen LogP contribution is -2.10. The summed E-state index contributed by atoms with van der Waals surface area (Å²) in [4.78, 5) is 20.8. The molecule has 0 aliphatic rings. The number of methoxy groups -OCH3 is 4. The summed E-state index contributed by atoms with van der Waals surface area (Å²) in [6.07, 6.45) is 1.40. The highest BCUT2D eigenvalue weighted by Gasteiger charge is 2.06. The van der Waals surface area contributed by atoms with Gasteiger partial charge < -0.3 is 49.7 Å². The minimum absolute atomic E-state index is 0.0203. The Labute approximate surface area is 222 Å². The molecule has 12 heteroatoms. The van der Waals surface area contributed by atoms with Crippen molar-refractivity contribution in [3.63, 3.8) is 0 Å². The molecular formula is C26H38N2O10. The number of ether oxygens (including phenoxy) is 6. The Morgan fingerprint density at radius 3 is 1.87 bits per heavy atom. The maximum absolute atomic E-state index is 11.0. The smallest absolute Gasteiger partial charge is 0.329 e. The first-order valence-corrected chi connectivity index (χ1v) is 11.4. The summed E-state index contributed by atoms with van der Waals surface area (Å²) in [7, 11) is 5.75. The lowest BCUT2D eigenvalue weighted by Gasteiger charge is -2.12. The highest BCUT2D eigenvalue weighted by molar-refractivity contribution is 5.80. The topological polar surface area (TPSA) is 168 Å². The zero-order valence-corrected chi connectivity index (χ0v) is 22.2. The van der Waals surface area contributed by atoms with Crippen molar-refractivity contribution >= 4 is 23.3 Å². The second-order valence-corrected chi connectivity index (χ2v) is 6.90. The molecule has 0 spiro atoms. The van der Waals surface area contributed by atoms with Gasteiger partial charge in [0.1, 0.15) is 13.2 Å². The van der Waals surface area contributed by atoms with Gasteiger partial charge >= 0.3 is 11.9 Å². The van der Waals surface area contributed by atoms with Gasteiger partial charge in [0.2, 0.25) is 0 Å². The number of aliphatic hydroxyl groups excluding tert-OH is 2. The number of hydrogen-bond acceptors (Lipinski definition) is 12. The SMILES string of the molecule is C=CC(=O)OC.COC(=O)CCNc1ccc(OCCO)c(OC)c1.COc1cc(N)ccc1OCCO. The van der Waals surface area contributed by atoms with Crippen molar-refractivity contribution in [2.24, 2.45) is 0 Å². The number of nitrogens with one attached hydrogen (secondary N) is 1. The number of benzene rings is 2. The molecule has 0 atom stereocenters. The van der Waals surface area contributed by atoms with E-state index in [2.05, 4.69) is 21.4 Å². The zero-order chi connectivity index (χ0) is 28.8. The molecular weight excluding hydrogens is 500 g/mol. The first kappa shape index (κ1) is 33.8. The van der Waals surface area contributed by atoms with Gasteiger partial charge in [-0.25, -0.2) is 4.79 Å². The second-order valence-electron chi connectivity index (χ2n) is 6.90. The molecule has 0 bridgehead atoms. The van der Waals surface area contributed by atoms with Crippen LogP contribution < -0.4 is 30.0 Å². The molecule has 12 nitrogen and oxygen atoms in total. The van der Waals surface area contributed by atoms with Gasteiger partial charge in [0.25, 0.3) is 0 Å². The number of anilines is 2. The van der Waals surface area contributed by atoms with Gasteiger partial charge in [-0.2, -0.15) is 0 Å². The number of carbonyl (C=O) groups excluding carboxylic acids is 2. The average molecular weight is 539 g/mol. The van der Waals surface area contributed by atoms with Gasteiger partial charge in [0.05, 0.1) is 48.1 Å². The number of rotatable bonds is 13. The van der Waals surface area contributed by atoms with E-state index < -0.39 is 5.97 Å². The Hall–Kier alpha value is -4.16. The molecule has 212 valence electrons. The minimum atomic E-state index is -0.394. The standard InChI is InChI=1S/C13H19NO5.C9H13NO3.C4H6O2/c1-17-12-9-10(14-6-5-13(16)18-2)3-4-11(12)19-8-7-15;1-12-9-6-7(10)2-3-8(9)13-5-4-11;1-3-4(5)6-2/h3-4,9,14-15H,5-8H2,1-2H3;2-3,6,11H,4-5,10H2,1H3;3H,1H2,2H3. The average Bonchev–Trinajstić information content (AvgIpc) is 2.95. The van der Waals surface area contributed by atoms with Crippen LogP contribution >= 0.6 is 0 Å². The highest BCUT2D eigenvalue weighted by Crippen LogP contribution is 2.30. The van der Waals surface area contributed by atoms with E-state index in [0.717, 1.165) is 11.8 Å². The molecule has 0 saturated heterocycles. The van der Waals surface area contributed by atoms with Gasteiger partial charge in [-0.1, -0.05) is 6.58 Å². The third-order valence-electron chi connectivity index (χ3n) is 4.30. The minimum Gasteiger partial charge on any atom is -0.493 e. The molecule has 0 aliphatic heterocycles. The van der Waals surface area contributed by atoms with Crippen LogP contribution in [-0.2, 0) is 19.1 Å². The zero-order valence-electron chi connectivity index (χ0n) is 22.2. The van der Waals surface area contributed by atoms with E-state index in [1.54, 1.807) is 44.6 Å². The van der Waals surface area contributed by atoms with Gasteiger partial charge in [0, 0.05) is 36.1 Å². The molecule has 0 amide bonds. The fourth-order valence-corrected chi connectivity index (χ4v) is 2.51. The molecule has 0 unspecified atom stereocenters. The Balaban J connectivity index is 0.000000620. The molecule has 0 saturated carbocycles. The Morgan fingerprint density at radius 1 is 0.868 bits per heavy atom. The maximum atomic E-state index is 11.0. The van der Waals surface area contributed by atoms with E-state index in [1.807, 2.05) is 6.07 Å². The Morgan fingerprint density at radius 2 is 1.42 bits per heavy atom. The van der Waals surface area contributed by atoms with Crippen molar-refractivity contribution < 1.29 is 48.2 Å². The molecule has 0 heterocycles. The van der Waals surface area contributed by atoms with Gasteiger partial charge in [-0.3, -0.25) is 4.79 Å². The summed E-state index contributed by atoms with van der Waals surface area (Å²) in [6, 6.07) is 10.4. The largest absolute Gasteiger partial charge is 0.493 e. The van der Waals surface area contributed by atoms with Crippen molar-refractivity contribution in [3.8, 4) is 23.0 Å². The second kappa shape index (κ2) is 21.0. The molecule has 2 aromatic rings. The van der Waals surface area contributed by atoms with Crippen LogP contribution in [0.4, 0.5) is 11.4 Å². The van der Waals surface area contributed by atoms with E-state index >= 15 is 0 Å². The summed E-state index contributed by atoms with van der Waals surface area (Å²) in [6.45, 7) is 4.03. The predicted molar refractivity (Wildman–Crippen MR) is 143 cm³/mol. The van der Waals surface area contributed by atoms with Crippen LogP contribution in [0.15, 0.2) is 49.1 Å². The van der Waals surface area contributed by atoms with Crippen LogP contribution in [0.25, 0.3) is 0 Å². The molecule has 0 radical (unpaired) electrons. The third kappa shape index (κ3) is 14.4. The van der Waals surface area contributed by atoms with Crippen LogP contribution in [0, 0.1) is 0 Å². The van der Waals surface area contributed by atoms with Crippen LogP contribution in [-0.4, -0.2) is 83.6 Å². The molecule has 0 aliphatic carbocycles. The van der Waals surface area contributed by atoms with Crippen molar-refractivity contribution in [3.05, 3.63) is 49.1 Å². The van der Waals surface area contributed by atoms with Crippen LogP contribution in [0.1, 0.15) is 6.42 Å². The van der Waals surface area contributed by atoms with E-state index in [-0.39, 0.29) is 32.4 Å². The summed E-state index contributed by atoms with van der Waals surface area (Å²) < 4.78 is 29.4. The highest BCUT2D eigenvalue weighted by atomic mass is 16.5. The van der Waals surface area contributed by atoms with Crippen LogP contribution in [0.2, 0.25) is 0 Å². The molecule has 0 aromatic heterocycles. The number of carbonyl (C=O) groups is 2. The maximum Gasteiger partial charge on any atom is 0.329 e. The molecule has 5 N–H and O–H groups in total. The van der Waals surface area contributed by atoms with E-state index in [9.17, 15) is 9.59 Å². The molecule has 0 fully saturated rings. The predicted octanol–water partition coefficient (Wildman–Crippen LogP) is 2.04. The van der Waals surface area contributed by atoms with Crippen LogP contribution in [0.3, 0.4) is 0 Å². The molecule has 38 heavy (non-hydrogen) atoms. The quantitative estimate of drug-likeness (QED) is 0.167. The monoisotopic (exact) mass is 538 g/mol. The number of aliphatic hydroxyl groups is 2. The fourth-order valence-electron chi connectivity index (χ4n) is 2.51. The van der Waals surface area contributed by atoms with Crippen LogP contribution in [0.5, 0.6) is 23.0 Å². The normalized spacial score (nSPS) is 9.32. The van der Waals surface area contributed by atoms with Gasteiger partial charge in [-0.15, -0.1) is 0 Å². The van der Waals surface area contributed by atoms with Gasteiger partial charge in [0.15, 0.2) is 23.0 Å². The fraction of sp³-hybridized carbons (Fsp3) is 0.385. The van der Waals surface area contributed by atoms with Crippen molar-refractivity contribution in [1.29, 1.82) is 0 Å².